The number of ether oxygens (including phenoxy) is 2. The van der Waals surface area contributed by atoms with E-state index >= 15 is 0 Å². The van der Waals surface area contributed by atoms with Gasteiger partial charge in [0.25, 0.3) is 0 Å². The van der Waals surface area contributed by atoms with Crippen LogP contribution in [0.15, 0.2) is 47.6 Å². The summed E-state index contributed by atoms with van der Waals surface area (Å²) in [5.41, 5.74) is 2.08. The Morgan fingerprint density at radius 2 is 1.96 bits per heavy atom. The summed E-state index contributed by atoms with van der Waals surface area (Å²) >= 11 is 0. The predicted octanol–water partition coefficient (Wildman–Crippen LogP) is 3.13. The fourth-order valence-corrected chi connectivity index (χ4v) is 2.70. The van der Waals surface area contributed by atoms with E-state index in [2.05, 4.69) is 33.6 Å². The molecular formula is C21H28N4O2. The van der Waals surface area contributed by atoms with Crippen LogP contribution in [0.3, 0.4) is 0 Å². The van der Waals surface area contributed by atoms with E-state index < -0.39 is 0 Å². The molecule has 0 atom stereocenters. The predicted molar refractivity (Wildman–Crippen MR) is 107 cm³/mol. The fourth-order valence-electron chi connectivity index (χ4n) is 2.70. The largest absolute Gasteiger partial charge is 0.493 e. The van der Waals surface area contributed by atoms with Crippen LogP contribution in [-0.2, 0) is 13.1 Å². The molecule has 0 radical (unpaired) electrons. The smallest absolute Gasteiger partial charge is 0.218 e. The summed E-state index contributed by atoms with van der Waals surface area (Å²) in [4.78, 5) is 8.87. The minimum atomic E-state index is 0.492. The summed E-state index contributed by atoms with van der Waals surface area (Å²) < 4.78 is 11.3. The molecule has 1 saturated carbocycles. The molecule has 2 N–H and O–H groups in total. The first-order valence-corrected chi connectivity index (χ1v) is 9.51. The molecule has 3 rings (SSSR count). The third-order valence-corrected chi connectivity index (χ3v) is 4.39. The topological polar surface area (TPSA) is 67.8 Å². The number of rotatable bonds is 9. The van der Waals surface area contributed by atoms with Crippen LogP contribution < -0.4 is 20.1 Å². The third-order valence-electron chi connectivity index (χ3n) is 4.39. The molecule has 144 valence electrons. The van der Waals surface area contributed by atoms with E-state index in [1.165, 1.54) is 12.8 Å². The molecule has 0 unspecified atom stereocenters. The standard InChI is InChI=1S/C21H28N4O2/c1-3-22-21(25-14-18-8-6-12-23-20(18)26-2)24-13-17-7-4-5-9-19(17)27-15-16-10-11-16/h4-9,12,16H,3,10-11,13-15H2,1-2H3,(H2,22,24,25). The second kappa shape index (κ2) is 9.80. The Bertz CT molecular complexity index is 759. The lowest BCUT2D eigenvalue weighted by Crippen LogP contribution is -2.36. The minimum Gasteiger partial charge on any atom is -0.493 e. The number of para-hydroxylation sites is 1. The highest BCUT2D eigenvalue weighted by molar-refractivity contribution is 5.79. The van der Waals surface area contributed by atoms with Crippen LogP contribution in [0.25, 0.3) is 0 Å². The molecule has 0 bridgehead atoms. The summed E-state index contributed by atoms with van der Waals surface area (Å²) in [6, 6.07) is 12.0. The number of pyridine rings is 1. The van der Waals surface area contributed by atoms with Crippen molar-refractivity contribution in [2.75, 3.05) is 20.3 Å². The number of aromatic nitrogens is 1. The number of aliphatic imine (C=N–C) groups is 1. The van der Waals surface area contributed by atoms with Crippen LogP contribution in [0.5, 0.6) is 11.6 Å². The summed E-state index contributed by atoms with van der Waals surface area (Å²) in [7, 11) is 1.62. The van der Waals surface area contributed by atoms with Crippen LogP contribution in [0, 0.1) is 5.92 Å². The molecule has 27 heavy (non-hydrogen) atoms. The molecule has 0 aliphatic heterocycles. The van der Waals surface area contributed by atoms with E-state index in [9.17, 15) is 0 Å². The molecule has 1 aromatic heterocycles. The maximum atomic E-state index is 5.99. The van der Waals surface area contributed by atoms with E-state index in [0.29, 0.717) is 19.0 Å². The number of nitrogens with one attached hydrogen (secondary N) is 2. The van der Waals surface area contributed by atoms with Gasteiger partial charge in [0.1, 0.15) is 5.75 Å². The first kappa shape index (κ1) is 19.0. The number of benzene rings is 1. The van der Waals surface area contributed by atoms with Gasteiger partial charge in [-0.2, -0.15) is 0 Å². The van der Waals surface area contributed by atoms with Crippen molar-refractivity contribution in [1.82, 2.24) is 15.6 Å². The number of nitrogens with zero attached hydrogens (tertiary/aromatic N) is 2. The maximum Gasteiger partial charge on any atom is 0.218 e. The Morgan fingerprint density at radius 3 is 2.74 bits per heavy atom. The van der Waals surface area contributed by atoms with Gasteiger partial charge in [0.2, 0.25) is 5.88 Å². The molecule has 1 aromatic carbocycles. The average molecular weight is 368 g/mol. The average Bonchev–Trinajstić information content (AvgIpc) is 3.54. The van der Waals surface area contributed by atoms with Crippen molar-refractivity contribution in [1.29, 1.82) is 0 Å². The van der Waals surface area contributed by atoms with Crippen molar-refractivity contribution in [2.24, 2.45) is 10.9 Å². The molecule has 6 nitrogen and oxygen atoms in total. The van der Waals surface area contributed by atoms with Crippen molar-refractivity contribution >= 4 is 5.96 Å². The number of hydrogen-bond acceptors (Lipinski definition) is 4. The minimum absolute atomic E-state index is 0.492. The highest BCUT2D eigenvalue weighted by atomic mass is 16.5. The lowest BCUT2D eigenvalue weighted by Gasteiger charge is -2.15. The van der Waals surface area contributed by atoms with E-state index in [1.54, 1.807) is 13.3 Å². The quantitative estimate of drug-likeness (QED) is 0.526. The van der Waals surface area contributed by atoms with Gasteiger partial charge in [0.15, 0.2) is 5.96 Å². The molecule has 0 saturated heterocycles. The molecule has 0 spiro atoms. The van der Waals surface area contributed by atoms with Crippen LogP contribution in [0.1, 0.15) is 30.9 Å². The van der Waals surface area contributed by atoms with E-state index in [-0.39, 0.29) is 0 Å². The maximum absolute atomic E-state index is 5.99. The third kappa shape index (κ3) is 5.88. The second-order valence-corrected chi connectivity index (χ2v) is 6.58. The number of methoxy groups -OCH3 is 1. The van der Waals surface area contributed by atoms with Gasteiger partial charge in [-0.15, -0.1) is 0 Å². The van der Waals surface area contributed by atoms with Crippen molar-refractivity contribution < 1.29 is 9.47 Å². The van der Waals surface area contributed by atoms with Gasteiger partial charge in [-0.1, -0.05) is 24.3 Å². The van der Waals surface area contributed by atoms with Crippen LogP contribution in [-0.4, -0.2) is 31.2 Å². The molecule has 2 aromatic rings. The molecule has 1 aliphatic rings. The fraction of sp³-hybridized carbons (Fsp3) is 0.429. The summed E-state index contributed by atoms with van der Waals surface area (Å²) in [6.45, 7) is 4.79. The monoisotopic (exact) mass is 368 g/mol. The van der Waals surface area contributed by atoms with Crippen LogP contribution >= 0.6 is 0 Å². The van der Waals surface area contributed by atoms with Gasteiger partial charge in [-0.05, 0) is 37.8 Å². The Labute approximate surface area is 161 Å². The summed E-state index contributed by atoms with van der Waals surface area (Å²) in [5.74, 6) is 3.04. The van der Waals surface area contributed by atoms with Crippen LogP contribution in [0.2, 0.25) is 0 Å². The van der Waals surface area contributed by atoms with Gasteiger partial charge in [-0.3, -0.25) is 0 Å². The van der Waals surface area contributed by atoms with Gasteiger partial charge in [0.05, 0.1) is 20.3 Å². The summed E-state index contributed by atoms with van der Waals surface area (Å²) in [6.07, 6.45) is 4.29. The van der Waals surface area contributed by atoms with Crippen molar-refractivity contribution in [3.63, 3.8) is 0 Å². The molecule has 0 amide bonds. The Kier molecular flexibility index (Phi) is 6.90. The molecule has 1 fully saturated rings. The van der Waals surface area contributed by atoms with Crippen molar-refractivity contribution in [2.45, 2.75) is 32.9 Å². The van der Waals surface area contributed by atoms with Gasteiger partial charge in [-0.25, -0.2) is 9.98 Å². The van der Waals surface area contributed by atoms with Crippen LogP contribution in [0.4, 0.5) is 0 Å². The first-order chi connectivity index (χ1) is 13.3. The van der Waals surface area contributed by atoms with Crippen molar-refractivity contribution in [3.05, 3.63) is 53.7 Å². The number of guanidine groups is 1. The second-order valence-electron chi connectivity index (χ2n) is 6.58. The zero-order chi connectivity index (χ0) is 18.9. The molecular weight excluding hydrogens is 340 g/mol. The zero-order valence-corrected chi connectivity index (χ0v) is 16.1. The molecule has 1 aliphatic carbocycles. The molecule has 6 heteroatoms. The van der Waals surface area contributed by atoms with Crippen molar-refractivity contribution in [3.8, 4) is 11.6 Å². The SMILES string of the molecule is CCNC(=NCc1cccnc1OC)NCc1ccccc1OCC1CC1. The first-order valence-electron chi connectivity index (χ1n) is 9.51. The highest BCUT2D eigenvalue weighted by Crippen LogP contribution is 2.30. The van der Waals surface area contributed by atoms with Gasteiger partial charge in [0, 0.05) is 30.4 Å². The molecule has 1 heterocycles. The van der Waals surface area contributed by atoms with E-state index in [1.807, 2.05) is 30.3 Å². The van der Waals surface area contributed by atoms with E-state index in [4.69, 9.17) is 9.47 Å². The Balaban J connectivity index is 1.62. The lowest BCUT2D eigenvalue weighted by molar-refractivity contribution is 0.296. The van der Waals surface area contributed by atoms with E-state index in [0.717, 1.165) is 41.9 Å². The highest BCUT2D eigenvalue weighted by Gasteiger charge is 2.22. The van der Waals surface area contributed by atoms with Gasteiger partial charge < -0.3 is 20.1 Å². The zero-order valence-electron chi connectivity index (χ0n) is 16.1. The Morgan fingerprint density at radius 1 is 1.15 bits per heavy atom. The lowest BCUT2D eigenvalue weighted by atomic mass is 10.2. The normalized spacial score (nSPS) is 13.9. The Hall–Kier alpha value is -2.76. The number of hydrogen-bond donors (Lipinski definition) is 2. The van der Waals surface area contributed by atoms with Gasteiger partial charge >= 0.3 is 0 Å². The summed E-state index contributed by atoms with van der Waals surface area (Å²) in [5, 5.41) is 6.66.